The molecule has 0 bridgehead atoms. The van der Waals surface area contributed by atoms with Crippen LogP contribution in [0.2, 0.25) is 0 Å². The van der Waals surface area contributed by atoms with E-state index in [0.717, 1.165) is 5.75 Å². The topological polar surface area (TPSA) is 75.6 Å². The van der Waals surface area contributed by atoms with E-state index in [0.29, 0.717) is 18.5 Å². The lowest BCUT2D eigenvalue weighted by molar-refractivity contribution is -0.141. The van der Waals surface area contributed by atoms with Crippen molar-refractivity contribution in [3.63, 3.8) is 0 Å². The Balaban J connectivity index is 2.45. The number of hydrogen-bond acceptors (Lipinski definition) is 3. The number of benzene rings is 1. The summed E-state index contributed by atoms with van der Waals surface area (Å²) in [6, 6.07) is 6.87. The van der Waals surface area contributed by atoms with Crippen LogP contribution in [0.3, 0.4) is 0 Å². The van der Waals surface area contributed by atoms with Gasteiger partial charge in [-0.15, -0.1) is 0 Å². The molecule has 1 unspecified atom stereocenters. The van der Waals surface area contributed by atoms with E-state index in [-0.39, 0.29) is 12.0 Å². The third-order valence-electron chi connectivity index (χ3n) is 2.77. The van der Waals surface area contributed by atoms with Crippen LogP contribution in [0, 0.1) is 5.92 Å². The number of ether oxygens (including phenoxy) is 1. The molecule has 1 rings (SSSR count). The normalized spacial score (nSPS) is 12.0. The molecule has 110 valence electrons. The van der Waals surface area contributed by atoms with Gasteiger partial charge in [0.1, 0.15) is 5.75 Å². The highest BCUT2D eigenvalue weighted by molar-refractivity contribution is 5.94. The Hall–Kier alpha value is -2.04. The Kier molecular flexibility index (Phi) is 6.03. The maximum Gasteiger partial charge on any atom is 0.306 e. The fourth-order valence-electron chi connectivity index (χ4n) is 1.58. The predicted molar refractivity (Wildman–Crippen MR) is 76.0 cm³/mol. The van der Waals surface area contributed by atoms with Crippen molar-refractivity contribution in [1.82, 2.24) is 5.32 Å². The van der Waals surface area contributed by atoms with Gasteiger partial charge in [0.25, 0.3) is 5.91 Å². The van der Waals surface area contributed by atoms with Gasteiger partial charge in [0.15, 0.2) is 0 Å². The van der Waals surface area contributed by atoms with E-state index in [4.69, 9.17) is 9.84 Å². The van der Waals surface area contributed by atoms with E-state index in [1.54, 1.807) is 31.2 Å². The Bertz CT molecular complexity index is 453. The average Bonchev–Trinajstić information content (AvgIpc) is 2.38. The van der Waals surface area contributed by atoms with Gasteiger partial charge in [-0.05, 0) is 44.5 Å². The van der Waals surface area contributed by atoms with Crippen molar-refractivity contribution >= 4 is 11.9 Å². The zero-order valence-corrected chi connectivity index (χ0v) is 12.1. The number of carboxylic acid groups (broad SMARTS) is 1. The van der Waals surface area contributed by atoms with Crippen LogP contribution in [0.4, 0.5) is 0 Å². The first kappa shape index (κ1) is 16.0. The quantitative estimate of drug-likeness (QED) is 0.803. The number of nitrogens with one attached hydrogen (secondary N) is 1. The van der Waals surface area contributed by atoms with Crippen molar-refractivity contribution in [2.24, 2.45) is 5.92 Å². The van der Waals surface area contributed by atoms with Crippen LogP contribution in [-0.4, -0.2) is 29.6 Å². The van der Waals surface area contributed by atoms with Crippen molar-refractivity contribution in [3.8, 4) is 5.75 Å². The summed E-state index contributed by atoms with van der Waals surface area (Å²) in [5.41, 5.74) is 0.532. The zero-order chi connectivity index (χ0) is 15.1. The van der Waals surface area contributed by atoms with Gasteiger partial charge in [-0.3, -0.25) is 9.59 Å². The van der Waals surface area contributed by atoms with E-state index in [9.17, 15) is 9.59 Å². The lowest BCUT2D eigenvalue weighted by atomic mass is 10.1. The number of hydrogen-bond donors (Lipinski definition) is 2. The number of rotatable bonds is 7. The number of amides is 1. The summed E-state index contributed by atoms with van der Waals surface area (Å²) in [4.78, 5) is 22.5. The highest BCUT2D eigenvalue weighted by Crippen LogP contribution is 2.13. The molecule has 0 saturated carbocycles. The zero-order valence-electron chi connectivity index (χ0n) is 12.1. The molecule has 0 spiro atoms. The molecular formula is C15H21NO4. The number of carbonyl (C=O) groups excluding carboxylic acids is 1. The minimum absolute atomic E-state index is 0.0900. The Morgan fingerprint density at radius 3 is 2.30 bits per heavy atom. The van der Waals surface area contributed by atoms with Crippen LogP contribution in [-0.2, 0) is 4.79 Å². The van der Waals surface area contributed by atoms with Gasteiger partial charge in [0.2, 0.25) is 0 Å². The van der Waals surface area contributed by atoms with Gasteiger partial charge in [-0.1, -0.05) is 6.92 Å². The molecule has 20 heavy (non-hydrogen) atoms. The summed E-state index contributed by atoms with van der Waals surface area (Å²) < 4.78 is 5.49. The molecule has 0 radical (unpaired) electrons. The first-order chi connectivity index (χ1) is 9.40. The summed E-state index contributed by atoms with van der Waals surface area (Å²) in [5, 5.41) is 11.4. The molecule has 0 aliphatic carbocycles. The minimum atomic E-state index is -0.852. The number of carboxylic acids is 1. The van der Waals surface area contributed by atoms with Gasteiger partial charge >= 0.3 is 5.97 Å². The summed E-state index contributed by atoms with van der Waals surface area (Å²) in [5.74, 6) is -0.804. The standard InChI is InChI=1S/C15H21NO4/c1-10(2)20-13-6-4-12(5-7-13)14(17)16-9-8-11(3)15(18)19/h4-7,10-11H,8-9H2,1-3H3,(H,16,17)(H,18,19). The van der Waals surface area contributed by atoms with Crippen molar-refractivity contribution in [3.05, 3.63) is 29.8 Å². The van der Waals surface area contributed by atoms with E-state index >= 15 is 0 Å². The molecule has 0 aromatic heterocycles. The minimum Gasteiger partial charge on any atom is -0.491 e. The smallest absolute Gasteiger partial charge is 0.306 e. The highest BCUT2D eigenvalue weighted by Gasteiger charge is 2.11. The molecule has 0 fully saturated rings. The Morgan fingerprint density at radius 2 is 1.80 bits per heavy atom. The molecule has 1 aromatic carbocycles. The summed E-state index contributed by atoms with van der Waals surface area (Å²) in [6.07, 6.45) is 0.502. The molecule has 2 N–H and O–H groups in total. The second-order valence-corrected chi connectivity index (χ2v) is 4.97. The second-order valence-electron chi connectivity index (χ2n) is 4.97. The third kappa shape index (κ3) is 5.30. The second kappa shape index (κ2) is 7.53. The highest BCUT2D eigenvalue weighted by atomic mass is 16.5. The van der Waals surface area contributed by atoms with Crippen LogP contribution in [0.5, 0.6) is 5.75 Å². The lowest BCUT2D eigenvalue weighted by Gasteiger charge is -2.10. The van der Waals surface area contributed by atoms with Crippen molar-refractivity contribution < 1.29 is 19.4 Å². The maximum absolute atomic E-state index is 11.8. The first-order valence-corrected chi connectivity index (χ1v) is 6.68. The van der Waals surface area contributed by atoms with Crippen LogP contribution >= 0.6 is 0 Å². The van der Waals surface area contributed by atoms with E-state index in [2.05, 4.69) is 5.32 Å². The molecule has 1 atom stereocenters. The SMILES string of the molecule is CC(C)Oc1ccc(C(=O)NCCC(C)C(=O)O)cc1. The van der Waals surface area contributed by atoms with E-state index < -0.39 is 11.9 Å². The molecule has 0 aliphatic rings. The van der Waals surface area contributed by atoms with Crippen molar-refractivity contribution in [1.29, 1.82) is 0 Å². The third-order valence-corrected chi connectivity index (χ3v) is 2.77. The monoisotopic (exact) mass is 279 g/mol. The number of carbonyl (C=O) groups is 2. The van der Waals surface area contributed by atoms with Gasteiger partial charge in [0, 0.05) is 12.1 Å². The largest absolute Gasteiger partial charge is 0.491 e. The van der Waals surface area contributed by atoms with Crippen LogP contribution in [0.15, 0.2) is 24.3 Å². The summed E-state index contributed by atoms with van der Waals surface area (Å²) in [7, 11) is 0. The van der Waals surface area contributed by atoms with Crippen molar-refractivity contribution in [2.75, 3.05) is 6.54 Å². The summed E-state index contributed by atoms with van der Waals surface area (Å²) >= 11 is 0. The van der Waals surface area contributed by atoms with Gasteiger partial charge in [-0.25, -0.2) is 0 Å². The molecule has 0 aliphatic heterocycles. The molecule has 5 heteroatoms. The molecule has 0 saturated heterocycles. The fourth-order valence-corrected chi connectivity index (χ4v) is 1.58. The van der Waals surface area contributed by atoms with E-state index in [1.165, 1.54) is 0 Å². The lowest BCUT2D eigenvalue weighted by Crippen LogP contribution is -2.27. The van der Waals surface area contributed by atoms with E-state index in [1.807, 2.05) is 13.8 Å². The molecule has 0 heterocycles. The fraction of sp³-hybridized carbons (Fsp3) is 0.467. The van der Waals surface area contributed by atoms with Crippen LogP contribution in [0.25, 0.3) is 0 Å². The maximum atomic E-state index is 11.8. The Morgan fingerprint density at radius 1 is 1.20 bits per heavy atom. The number of aliphatic carboxylic acids is 1. The van der Waals surface area contributed by atoms with Gasteiger partial charge < -0.3 is 15.2 Å². The first-order valence-electron chi connectivity index (χ1n) is 6.68. The molecule has 1 amide bonds. The Labute approximate surface area is 118 Å². The van der Waals surface area contributed by atoms with Gasteiger partial charge in [0.05, 0.1) is 12.0 Å². The van der Waals surface area contributed by atoms with Crippen molar-refractivity contribution in [2.45, 2.75) is 33.3 Å². The summed E-state index contributed by atoms with van der Waals surface area (Å²) in [6.45, 7) is 5.83. The van der Waals surface area contributed by atoms with Crippen LogP contribution < -0.4 is 10.1 Å². The van der Waals surface area contributed by atoms with Gasteiger partial charge in [-0.2, -0.15) is 0 Å². The molecular weight excluding hydrogens is 258 g/mol. The predicted octanol–water partition coefficient (Wildman–Crippen LogP) is 2.31. The average molecular weight is 279 g/mol. The van der Waals surface area contributed by atoms with Crippen LogP contribution in [0.1, 0.15) is 37.6 Å². The molecule has 5 nitrogen and oxygen atoms in total. The molecule has 1 aromatic rings.